The Morgan fingerprint density at radius 3 is 2.20 bits per heavy atom. The number of carbonyl (C=O) groups excluding carboxylic acids is 1. The van der Waals surface area contributed by atoms with Gasteiger partial charge in [0.25, 0.3) is 0 Å². The van der Waals surface area contributed by atoms with Crippen molar-refractivity contribution in [1.29, 1.82) is 0 Å². The highest BCUT2D eigenvalue weighted by Crippen LogP contribution is 1.91. The van der Waals surface area contributed by atoms with Crippen LogP contribution >= 0.6 is 0 Å². The minimum absolute atomic E-state index is 0.281. The Balaban J connectivity index is 3.84. The van der Waals surface area contributed by atoms with Crippen LogP contribution in [0.1, 0.15) is 6.42 Å². The van der Waals surface area contributed by atoms with Crippen LogP contribution in [0.3, 0.4) is 0 Å². The van der Waals surface area contributed by atoms with Crippen molar-refractivity contribution in [3.8, 4) is 0 Å². The van der Waals surface area contributed by atoms with Crippen LogP contribution in [0, 0.1) is 0 Å². The fourth-order valence-electron chi connectivity index (χ4n) is 1.00. The zero-order valence-electron chi connectivity index (χ0n) is 9.43. The summed E-state index contributed by atoms with van der Waals surface area (Å²) in [5.74, 6) is -1.39. The van der Waals surface area contributed by atoms with Gasteiger partial charge in [0.05, 0.1) is 0 Å². The van der Waals surface area contributed by atoms with Gasteiger partial charge in [0.1, 0.15) is 0 Å². The van der Waals surface area contributed by atoms with E-state index < -0.39 is 5.97 Å². The molecule has 0 aromatic heterocycles. The molecule has 0 bridgehead atoms. The molecule has 0 aromatic carbocycles. The van der Waals surface area contributed by atoms with Gasteiger partial charge in [-0.15, -0.1) is 0 Å². The van der Waals surface area contributed by atoms with Crippen molar-refractivity contribution in [3.05, 3.63) is 12.2 Å². The van der Waals surface area contributed by atoms with Crippen molar-refractivity contribution >= 4 is 11.9 Å². The average Bonchev–Trinajstić information content (AvgIpc) is 2.13. The monoisotopic (exact) mass is 214 g/mol. The number of rotatable bonds is 6. The lowest BCUT2D eigenvalue weighted by molar-refractivity contribution is -0.132. The van der Waals surface area contributed by atoms with Crippen molar-refractivity contribution in [3.63, 3.8) is 0 Å². The summed E-state index contributed by atoms with van der Waals surface area (Å²) in [7, 11) is 5.59. The van der Waals surface area contributed by atoms with E-state index in [1.165, 1.54) is 4.90 Å². The van der Waals surface area contributed by atoms with Crippen LogP contribution in [0.5, 0.6) is 0 Å². The molecule has 5 nitrogen and oxygen atoms in total. The van der Waals surface area contributed by atoms with Gasteiger partial charge in [-0.25, -0.2) is 4.79 Å². The highest BCUT2D eigenvalue weighted by Gasteiger charge is 2.04. The maximum absolute atomic E-state index is 11.3. The molecule has 0 aromatic rings. The summed E-state index contributed by atoms with van der Waals surface area (Å²) in [5, 5.41) is 8.33. The number of carboxylic acid groups (broad SMARTS) is 1. The fourth-order valence-corrected chi connectivity index (χ4v) is 1.00. The summed E-state index contributed by atoms with van der Waals surface area (Å²) in [6.45, 7) is 1.53. The summed E-state index contributed by atoms with van der Waals surface area (Å²) >= 11 is 0. The van der Waals surface area contributed by atoms with Crippen LogP contribution in [0.15, 0.2) is 12.2 Å². The highest BCUT2D eigenvalue weighted by atomic mass is 16.4. The Labute approximate surface area is 90.0 Å². The number of aliphatic carboxylic acids is 1. The van der Waals surface area contributed by atoms with Crippen LogP contribution in [-0.2, 0) is 9.59 Å². The molecule has 0 fully saturated rings. The maximum atomic E-state index is 11.3. The molecule has 0 atom stereocenters. The van der Waals surface area contributed by atoms with Crippen molar-refractivity contribution in [2.24, 2.45) is 0 Å². The van der Waals surface area contributed by atoms with Crippen molar-refractivity contribution in [2.45, 2.75) is 6.42 Å². The van der Waals surface area contributed by atoms with E-state index in [0.29, 0.717) is 6.54 Å². The molecule has 5 heteroatoms. The van der Waals surface area contributed by atoms with Crippen molar-refractivity contribution < 1.29 is 14.7 Å². The molecule has 0 saturated carbocycles. The first-order valence-electron chi connectivity index (χ1n) is 4.74. The molecule has 86 valence electrons. The lowest BCUT2D eigenvalue weighted by atomic mass is 10.3. The molecule has 0 aliphatic carbocycles. The fraction of sp³-hybridized carbons (Fsp3) is 0.600. The number of hydrogen-bond donors (Lipinski definition) is 1. The Morgan fingerprint density at radius 1 is 1.13 bits per heavy atom. The van der Waals surface area contributed by atoms with Crippen molar-refractivity contribution in [1.82, 2.24) is 9.80 Å². The minimum Gasteiger partial charge on any atom is -0.478 e. The molecule has 1 N–H and O–H groups in total. The van der Waals surface area contributed by atoms with Gasteiger partial charge in [0, 0.05) is 25.7 Å². The van der Waals surface area contributed by atoms with Crippen LogP contribution in [0.25, 0.3) is 0 Å². The van der Waals surface area contributed by atoms with Crippen LogP contribution in [0.4, 0.5) is 0 Å². The topological polar surface area (TPSA) is 60.9 Å². The van der Waals surface area contributed by atoms with E-state index in [1.807, 2.05) is 19.0 Å². The summed E-state index contributed by atoms with van der Waals surface area (Å²) in [6.07, 6.45) is 2.79. The molecule has 0 spiro atoms. The molecule has 0 saturated heterocycles. The van der Waals surface area contributed by atoms with Crippen molar-refractivity contribution in [2.75, 3.05) is 34.2 Å². The first kappa shape index (κ1) is 13.6. The number of carbonyl (C=O) groups is 2. The minimum atomic E-state index is -1.11. The Kier molecular flexibility index (Phi) is 6.37. The summed E-state index contributed by atoms with van der Waals surface area (Å²) in [6, 6.07) is 0. The SMILES string of the molecule is CN(C)CCCN(C)C(=O)C=CC(=O)O. The summed E-state index contributed by atoms with van der Waals surface area (Å²) < 4.78 is 0. The van der Waals surface area contributed by atoms with Crippen LogP contribution in [-0.4, -0.2) is 61.0 Å². The van der Waals surface area contributed by atoms with Crippen LogP contribution < -0.4 is 0 Å². The third-order valence-corrected chi connectivity index (χ3v) is 1.84. The predicted octanol–water partition coefficient (Wildman–Crippen LogP) is 0.0373. The van der Waals surface area contributed by atoms with Gasteiger partial charge in [0.15, 0.2) is 0 Å². The number of carboxylic acids is 1. The molecule has 0 aliphatic rings. The number of amides is 1. The lowest BCUT2D eigenvalue weighted by Gasteiger charge is -2.16. The molecular weight excluding hydrogens is 196 g/mol. The summed E-state index contributed by atoms with van der Waals surface area (Å²) in [4.78, 5) is 25.0. The molecule has 1 amide bonds. The first-order valence-corrected chi connectivity index (χ1v) is 4.74. The number of nitrogens with zero attached hydrogens (tertiary/aromatic N) is 2. The van der Waals surface area contributed by atoms with E-state index in [4.69, 9.17) is 5.11 Å². The van der Waals surface area contributed by atoms with Gasteiger partial charge in [-0.1, -0.05) is 0 Å². The zero-order valence-corrected chi connectivity index (χ0v) is 9.43. The predicted molar refractivity (Wildman–Crippen MR) is 57.6 cm³/mol. The van der Waals surface area contributed by atoms with E-state index in [1.54, 1.807) is 7.05 Å². The molecule has 0 radical (unpaired) electrons. The third-order valence-electron chi connectivity index (χ3n) is 1.84. The van der Waals surface area contributed by atoms with Gasteiger partial charge in [-0.05, 0) is 27.1 Å². The second kappa shape index (κ2) is 7.00. The standard InChI is InChI=1S/C10H18N2O3/c1-11(2)7-4-8-12(3)9(13)5-6-10(14)15/h5-6H,4,7-8H2,1-3H3,(H,14,15). The quantitative estimate of drug-likeness (QED) is 0.634. The number of likely N-dealkylation sites (N-methyl/N-ethyl adjacent to an activating group) is 1. The molecule has 0 rings (SSSR count). The second-order valence-electron chi connectivity index (χ2n) is 3.59. The van der Waals surface area contributed by atoms with Gasteiger partial charge >= 0.3 is 5.97 Å². The average molecular weight is 214 g/mol. The van der Waals surface area contributed by atoms with E-state index in [-0.39, 0.29) is 5.91 Å². The van der Waals surface area contributed by atoms with E-state index >= 15 is 0 Å². The normalized spacial score (nSPS) is 10.9. The molecule has 15 heavy (non-hydrogen) atoms. The van der Waals surface area contributed by atoms with Gasteiger partial charge < -0.3 is 14.9 Å². The lowest BCUT2D eigenvalue weighted by Crippen LogP contribution is -2.28. The Bertz CT molecular complexity index is 249. The molecular formula is C10H18N2O3. The first-order chi connectivity index (χ1) is 6.93. The van der Waals surface area contributed by atoms with Gasteiger partial charge in [-0.2, -0.15) is 0 Å². The molecule has 0 unspecified atom stereocenters. The second-order valence-corrected chi connectivity index (χ2v) is 3.59. The highest BCUT2D eigenvalue weighted by molar-refractivity contribution is 5.93. The number of hydrogen-bond acceptors (Lipinski definition) is 3. The van der Waals surface area contributed by atoms with Gasteiger partial charge in [-0.3, -0.25) is 4.79 Å². The Morgan fingerprint density at radius 2 is 1.73 bits per heavy atom. The maximum Gasteiger partial charge on any atom is 0.328 e. The smallest absolute Gasteiger partial charge is 0.328 e. The van der Waals surface area contributed by atoms with E-state index in [2.05, 4.69) is 0 Å². The van der Waals surface area contributed by atoms with Gasteiger partial charge in [0.2, 0.25) is 5.91 Å². The summed E-state index contributed by atoms with van der Waals surface area (Å²) in [5.41, 5.74) is 0. The third kappa shape index (κ3) is 7.69. The van der Waals surface area contributed by atoms with E-state index in [9.17, 15) is 9.59 Å². The Hall–Kier alpha value is -1.36. The molecule has 0 aliphatic heterocycles. The molecule has 0 heterocycles. The van der Waals surface area contributed by atoms with E-state index in [0.717, 1.165) is 25.1 Å². The zero-order chi connectivity index (χ0) is 11.8. The van der Waals surface area contributed by atoms with Crippen LogP contribution in [0.2, 0.25) is 0 Å². The largest absolute Gasteiger partial charge is 0.478 e.